The lowest BCUT2D eigenvalue weighted by atomic mass is 10.1. The Morgan fingerprint density at radius 1 is 1.07 bits per heavy atom. The third kappa shape index (κ3) is 2.34. The highest BCUT2D eigenvalue weighted by Crippen LogP contribution is 2.22. The van der Waals surface area contributed by atoms with E-state index in [1.54, 1.807) is 6.08 Å². The Hall–Kier alpha value is -4.13. The summed E-state index contributed by atoms with van der Waals surface area (Å²) in [6, 6.07) is 16.9. The number of pyridine rings is 1. The molecule has 0 bridgehead atoms. The second kappa shape index (κ2) is 5.95. The van der Waals surface area contributed by atoms with Gasteiger partial charge in [0.1, 0.15) is 10.9 Å². The Labute approximate surface area is 158 Å². The zero-order valence-electron chi connectivity index (χ0n) is 14.6. The molecule has 0 saturated carbocycles. The van der Waals surface area contributed by atoms with Crippen LogP contribution in [0.3, 0.4) is 0 Å². The van der Waals surface area contributed by atoms with Gasteiger partial charge >= 0.3 is 0 Å². The minimum absolute atomic E-state index is 0.00327. The monoisotopic (exact) mass is 369 g/mol. The van der Waals surface area contributed by atoms with Gasteiger partial charge in [0.05, 0.1) is 10.9 Å². The van der Waals surface area contributed by atoms with Crippen LogP contribution in [-0.2, 0) is 0 Å². The van der Waals surface area contributed by atoms with Crippen LogP contribution in [0, 0.1) is 5.41 Å². The second-order valence-electron chi connectivity index (χ2n) is 6.47. The van der Waals surface area contributed by atoms with Crippen LogP contribution in [0.5, 0.6) is 5.88 Å². The molecular weight excluding hydrogens is 354 g/mol. The molecule has 2 aromatic heterocycles. The molecule has 0 fully saturated rings. The lowest BCUT2D eigenvalue weighted by Gasteiger charge is -2.13. The van der Waals surface area contributed by atoms with Crippen molar-refractivity contribution in [2.24, 2.45) is 5.10 Å². The SMILES string of the molecule is N=C1c2c(O)[nH]c(=O)c(=Cc3c[nH]c4ccccc34)c2=NN1c1ccccc1. The topological polar surface area (TPSA) is 108 Å². The van der Waals surface area contributed by atoms with E-state index in [0.717, 1.165) is 16.5 Å². The van der Waals surface area contributed by atoms with Gasteiger partial charge < -0.3 is 10.1 Å². The van der Waals surface area contributed by atoms with Crippen molar-refractivity contribution < 1.29 is 5.11 Å². The highest BCUT2D eigenvalue weighted by Gasteiger charge is 2.26. The summed E-state index contributed by atoms with van der Waals surface area (Å²) >= 11 is 0. The first-order chi connectivity index (χ1) is 13.6. The number of nitrogens with zero attached hydrogens (tertiary/aromatic N) is 2. The van der Waals surface area contributed by atoms with E-state index in [2.05, 4.69) is 15.1 Å². The van der Waals surface area contributed by atoms with Gasteiger partial charge in [-0.05, 0) is 24.3 Å². The predicted molar refractivity (Wildman–Crippen MR) is 107 cm³/mol. The predicted octanol–water partition coefficient (Wildman–Crippen LogP) is 1.77. The Kier molecular flexibility index (Phi) is 3.42. The fourth-order valence-corrected chi connectivity index (χ4v) is 3.43. The Morgan fingerprint density at radius 3 is 2.64 bits per heavy atom. The number of benzene rings is 2. The number of aromatic hydroxyl groups is 1. The number of nitrogens with one attached hydrogen (secondary N) is 3. The molecular formula is C21H15N5O2. The summed E-state index contributed by atoms with van der Waals surface area (Å²) in [4.78, 5) is 18.2. The van der Waals surface area contributed by atoms with Crippen molar-refractivity contribution in [3.8, 4) is 5.88 Å². The van der Waals surface area contributed by atoms with Crippen LogP contribution < -0.4 is 21.1 Å². The summed E-state index contributed by atoms with van der Waals surface area (Å²) in [6.07, 6.45) is 3.54. The number of para-hydroxylation sites is 2. The number of anilines is 1. The van der Waals surface area contributed by atoms with Crippen molar-refractivity contribution in [1.82, 2.24) is 9.97 Å². The van der Waals surface area contributed by atoms with Crippen LogP contribution in [0.2, 0.25) is 0 Å². The molecule has 1 aliphatic heterocycles. The number of H-pyrrole nitrogens is 2. The molecule has 0 spiro atoms. The molecule has 0 radical (unpaired) electrons. The van der Waals surface area contributed by atoms with E-state index in [9.17, 15) is 9.90 Å². The molecule has 5 rings (SSSR count). The van der Waals surface area contributed by atoms with Gasteiger partial charge in [0.15, 0.2) is 5.84 Å². The third-order valence-electron chi connectivity index (χ3n) is 4.78. The van der Waals surface area contributed by atoms with E-state index in [-0.39, 0.29) is 22.6 Å². The van der Waals surface area contributed by atoms with Crippen molar-refractivity contribution in [3.63, 3.8) is 0 Å². The van der Waals surface area contributed by atoms with Crippen molar-refractivity contribution in [1.29, 1.82) is 5.41 Å². The molecule has 0 saturated heterocycles. The van der Waals surface area contributed by atoms with E-state index >= 15 is 0 Å². The van der Waals surface area contributed by atoms with Crippen LogP contribution in [0.15, 0.2) is 70.7 Å². The van der Waals surface area contributed by atoms with Crippen LogP contribution in [0.25, 0.3) is 17.0 Å². The van der Waals surface area contributed by atoms with Crippen LogP contribution in [0.4, 0.5) is 5.69 Å². The molecule has 3 heterocycles. The van der Waals surface area contributed by atoms with E-state index < -0.39 is 5.56 Å². The number of aromatic amines is 2. The first kappa shape index (κ1) is 16.1. The Bertz CT molecular complexity index is 1420. The minimum atomic E-state index is -0.465. The average molecular weight is 369 g/mol. The van der Waals surface area contributed by atoms with Crippen LogP contribution >= 0.6 is 0 Å². The molecule has 0 amide bonds. The Balaban J connectivity index is 1.80. The molecule has 7 heteroatoms. The van der Waals surface area contributed by atoms with Crippen molar-refractivity contribution in [2.45, 2.75) is 0 Å². The van der Waals surface area contributed by atoms with Gasteiger partial charge in [-0.15, -0.1) is 0 Å². The fourth-order valence-electron chi connectivity index (χ4n) is 3.43. The molecule has 4 N–H and O–H groups in total. The molecule has 0 unspecified atom stereocenters. The van der Waals surface area contributed by atoms with Gasteiger partial charge in [0.2, 0.25) is 5.88 Å². The smallest absolute Gasteiger partial charge is 0.260 e. The van der Waals surface area contributed by atoms with Gasteiger partial charge in [-0.25, -0.2) is 5.01 Å². The number of hydrogen-bond acceptors (Lipinski definition) is 4. The molecule has 1 aliphatic rings. The zero-order chi connectivity index (χ0) is 19.3. The van der Waals surface area contributed by atoms with Gasteiger partial charge in [-0.2, -0.15) is 5.10 Å². The van der Waals surface area contributed by atoms with Crippen molar-refractivity contribution in [3.05, 3.63) is 92.9 Å². The maximum Gasteiger partial charge on any atom is 0.260 e. The third-order valence-corrected chi connectivity index (χ3v) is 4.78. The lowest BCUT2D eigenvalue weighted by Crippen LogP contribution is -2.42. The highest BCUT2D eigenvalue weighted by molar-refractivity contribution is 6.10. The molecule has 4 aromatic rings. The van der Waals surface area contributed by atoms with Crippen LogP contribution in [0.1, 0.15) is 11.1 Å². The molecule has 0 atom stereocenters. The minimum Gasteiger partial charge on any atom is -0.494 e. The number of hydrogen-bond donors (Lipinski definition) is 4. The summed E-state index contributed by atoms with van der Waals surface area (Å²) in [5, 5.41) is 26.1. The number of aromatic nitrogens is 2. The fraction of sp³-hybridized carbons (Fsp3) is 0. The molecule has 136 valence electrons. The summed E-state index contributed by atoms with van der Waals surface area (Å²) in [7, 11) is 0. The lowest BCUT2D eigenvalue weighted by molar-refractivity contribution is 0.449. The summed E-state index contributed by atoms with van der Waals surface area (Å²) in [5.41, 5.74) is 2.20. The molecule has 0 aliphatic carbocycles. The van der Waals surface area contributed by atoms with E-state index in [1.165, 1.54) is 5.01 Å². The average Bonchev–Trinajstić information content (AvgIpc) is 3.27. The molecule has 2 aromatic carbocycles. The highest BCUT2D eigenvalue weighted by atomic mass is 16.3. The second-order valence-corrected chi connectivity index (χ2v) is 6.47. The van der Waals surface area contributed by atoms with Gasteiger partial charge in [0.25, 0.3) is 5.56 Å². The van der Waals surface area contributed by atoms with E-state index in [1.807, 2.05) is 60.8 Å². The standard InChI is InChI=1S/C21H15N5O2/c22-19-17-18(25-26(19)13-6-2-1-3-7-13)15(20(27)24-21(17)28)10-12-11-23-16-9-5-4-8-14(12)16/h1-11,22-23,28H,(H,24,27). The zero-order valence-corrected chi connectivity index (χ0v) is 14.6. The summed E-state index contributed by atoms with van der Waals surface area (Å²) in [6.45, 7) is 0. The Morgan fingerprint density at radius 2 is 1.82 bits per heavy atom. The van der Waals surface area contributed by atoms with E-state index in [4.69, 9.17) is 5.41 Å². The van der Waals surface area contributed by atoms with Crippen molar-refractivity contribution in [2.75, 3.05) is 5.01 Å². The summed E-state index contributed by atoms with van der Waals surface area (Å²) < 4.78 is 0. The van der Waals surface area contributed by atoms with Crippen LogP contribution in [-0.4, -0.2) is 20.9 Å². The largest absolute Gasteiger partial charge is 0.494 e. The van der Waals surface area contributed by atoms with Crippen molar-refractivity contribution >= 4 is 28.5 Å². The first-order valence-corrected chi connectivity index (χ1v) is 8.69. The van der Waals surface area contributed by atoms with E-state index in [0.29, 0.717) is 10.9 Å². The maximum absolute atomic E-state index is 12.6. The summed E-state index contributed by atoms with van der Waals surface area (Å²) in [5.74, 6) is -0.355. The number of amidine groups is 1. The maximum atomic E-state index is 12.6. The first-order valence-electron chi connectivity index (χ1n) is 8.69. The number of rotatable bonds is 2. The van der Waals surface area contributed by atoms with Gasteiger partial charge in [-0.1, -0.05) is 36.4 Å². The normalized spacial score (nSPS) is 13.8. The number of fused-ring (bicyclic) bond motifs is 2. The van der Waals surface area contributed by atoms with Gasteiger partial charge in [-0.3, -0.25) is 15.2 Å². The van der Waals surface area contributed by atoms with Gasteiger partial charge in [0, 0.05) is 22.7 Å². The molecule has 28 heavy (non-hydrogen) atoms. The molecule has 7 nitrogen and oxygen atoms in total. The quantitative estimate of drug-likeness (QED) is 0.432.